The van der Waals surface area contributed by atoms with Gasteiger partial charge in [-0.15, -0.1) is 0 Å². The predicted octanol–water partition coefficient (Wildman–Crippen LogP) is 3.11. The van der Waals surface area contributed by atoms with Crippen molar-refractivity contribution >= 4 is 34.9 Å². The Labute approximate surface area is 193 Å². The zero-order chi connectivity index (χ0) is 22.8. The van der Waals surface area contributed by atoms with Gasteiger partial charge in [-0.05, 0) is 56.3 Å². The number of rotatable bonds is 4. The summed E-state index contributed by atoms with van der Waals surface area (Å²) in [5.41, 5.74) is 3.58. The highest BCUT2D eigenvalue weighted by Crippen LogP contribution is 2.20. The number of para-hydroxylation sites is 1. The predicted molar refractivity (Wildman–Crippen MR) is 130 cm³/mol. The molecule has 3 heterocycles. The summed E-state index contributed by atoms with van der Waals surface area (Å²) in [6.45, 7) is 3.35. The average Bonchev–Trinajstić information content (AvgIpc) is 3.48. The van der Waals surface area contributed by atoms with Crippen molar-refractivity contribution in [1.82, 2.24) is 24.9 Å². The van der Waals surface area contributed by atoms with Crippen molar-refractivity contribution in [2.24, 2.45) is 0 Å². The molecule has 2 aliphatic heterocycles. The normalized spacial score (nSPS) is 19.6. The molecular weight excluding hydrogens is 414 g/mol. The molecule has 2 amide bonds. The van der Waals surface area contributed by atoms with E-state index in [9.17, 15) is 9.59 Å². The van der Waals surface area contributed by atoms with Crippen LogP contribution in [0.15, 0.2) is 48.5 Å². The summed E-state index contributed by atoms with van der Waals surface area (Å²) in [5.74, 6) is 0.233. The van der Waals surface area contributed by atoms with Gasteiger partial charge >= 0.3 is 0 Å². The monoisotopic (exact) mass is 443 g/mol. The number of likely N-dealkylation sites (tertiary alicyclic amines) is 1. The Morgan fingerprint density at radius 1 is 0.939 bits per heavy atom. The van der Waals surface area contributed by atoms with Crippen LogP contribution < -0.4 is 0 Å². The van der Waals surface area contributed by atoms with E-state index in [4.69, 9.17) is 0 Å². The molecule has 1 unspecified atom stereocenters. The van der Waals surface area contributed by atoms with Crippen molar-refractivity contribution in [1.29, 1.82) is 0 Å². The van der Waals surface area contributed by atoms with Crippen LogP contribution in [-0.4, -0.2) is 82.5 Å². The van der Waals surface area contributed by atoms with Gasteiger partial charge in [-0.2, -0.15) is 5.10 Å². The van der Waals surface area contributed by atoms with Crippen LogP contribution in [-0.2, 0) is 4.79 Å². The Kier molecular flexibility index (Phi) is 5.96. The minimum atomic E-state index is 0.00677. The number of nitrogens with one attached hydrogen (secondary N) is 1. The van der Waals surface area contributed by atoms with Crippen LogP contribution in [0.25, 0.3) is 23.1 Å². The highest BCUT2D eigenvalue weighted by atomic mass is 16.2. The summed E-state index contributed by atoms with van der Waals surface area (Å²) in [5, 5.41) is 8.48. The lowest BCUT2D eigenvalue weighted by Crippen LogP contribution is -2.54. The van der Waals surface area contributed by atoms with Gasteiger partial charge in [0.1, 0.15) is 0 Å². The molecular formula is C26H29N5O2. The molecule has 1 aromatic heterocycles. The molecule has 0 radical (unpaired) electrons. The average molecular weight is 444 g/mol. The van der Waals surface area contributed by atoms with Crippen molar-refractivity contribution in [2.45, 2.75) is 18.9 Å². The number of nitrogens with zero attached hydrogens (tertiary/aromatic N) is 4. The summed E-state index contributed by atoms with van der Waals surface area (Å²) >= 11 is 0. The highest BCUT2D eigenvalue weighted by Gasteiger charge is 2.33. The number of benzene rings is 2. The van der Waals surface area contributed by atoms with E-state index in [0.29, 0.717) is 31.7 Å². The molecule has 0 bridgehead atoms. The zero-order valence-corrected chi connectivity index (χ0v) is 18.9. The molecule has 2 aromatic carbocycles. The summed E-state index contributed by atoms with van der Waals surface area (Å²) in [6, 6.07) is 15.7. The van der Waals surface area contributed by atoms with Gasteiger partial charge in [-0.25, -0.2) is 0 Å². The standard InChI is InChI=1S/C26H29N5O2/c1-29-14-4-7-24(29)26(33)31-17-15-30(16-18-31)25(32)20-11-8-19(9-12-20)10-13-23-21-5-2-3-6-22(21)27-28-23/h2-3,5-6,8-13,24H,4,7,14-18H2,1H3,(H,27,28). The molecule has 0 saturated carbocycles. The van der Waals surface area contributed by atoms with Gasteiger partial charge in [-0.3, -0.25) is 19.6 Å². The summed E-state index contributed by atoms with van der Waals surface area (Å²) in [6.07, 6.45) is 6.00. The third kappa shape index (κ3) is 4.41. The van der Waals surface area contributed by atoms with E-state index in [0.717, 1.165) is 41.5 Å². The number of hydrogen-bond donors (Lipinski definition) is 1. The number of fused-ring (bicyclic) bond motifs is 1. The van der Waals surface area contributed by atoms with E-state index in [2.05, 4.69) is 15.1 Å². The van der Waals surface area contributed by atoms with Crippen molar-refractivity contribution in [2.75, 3.05) is 39.8 Å². The van der Waals surface area contributed by atoms with Crippen LogP contribution in [0.3, 0.4) is 0 Å². The second-order valence-corrected chi connectivity index (χ2v) is 8.87. The third-order valence-electron chi connectivity index (χ3n) is 6.78. The Hall–Kier alpha value is -3.45. The van der Waals surface area contributed by atoms with Crippen LogP contribution in [0.5, 0.6) is 0 Å². The van der Waals surface area contributed by atoms with Crippen LogP contribution >= 0.6 is 0 Å². The lowest BCUT2D eigenvalue weighted by molar-refractivity contribution is -0.137. The number of carbonyl (C=O) groups is 2. The van der Waals surface area contributed by atoms with Gasteiger partial charge in [0.05, 0.1) is 17.3 Å². The fourth-order valence-electron chi connectivity index (χ4n) is 4.77. The molecule has 7 heteroatoms. The molecule has 1 atom stereocenters. The van der Waals surface area contributed by atoms with Crippen LogP contribution in [0.2, 0.25) is 0 Å². The van der Waals surface area contributed by atoms with Crippen LogP contribution in [0, 0.1) is 0 Å². The van der Waals surface area contributed by atoms with E-state index in [-0.39, 0.29) is 17.9 Å². The quantitative estimate of drug-likeness (QED) is 0.673. The first-order valence-electron chi connectivity index (χ1n) is 11.6. The molecule has 5 rings (SSSR count). The van der Waals surface area contributed by atoms with E-state index >= 15 is 0 Å². The molecule has 2 fully saturated rings. The lowest BCUT2D eigenvalue weighted by atomic mass is 10.1. The van der Waals surface area contributed by atoms with E-state index in [1.54, 1.807) is 0 Å². The maximum atomic E-state index is 13.0. The smallest absolute Gasteiger partial charge is 0.253 e. The fourth-order valence-corrected chi connectivity index (χ4v) is 4.77. The van der Waals surface area contributed by atoms with Gasteiger partial charge in [0.25, 0.3) is 5.91 Å². The van der Waals surface area contributed by atoms with Crippen molar-refractivity contribution in [3.63, 3.8) is 0 Å². The maximum Gasteiger partial charge on any atom is 0.253 e. The first-order valence-corrected chi connectivity index (χ1v) is 11.6. The molecule has 170 valence electrons. The van der Waals surface area contributed by atoms with E-state index in [1.165, 1.54) is 0 Å². The molecule has 2 saturated heterocycles. The second-order valence-electron chi connectivity index (χ2n) is 8.87. The van der Waals surface area contributed by atoms with Crippen LogP contribution in [0.1, 0.15) is 34.5 Å². The van der Waals surface area contributed by atoms with Gasteiger partial charge in [-0.1, -0.05) is 36.4 Å². The van der Waals surface area contributed by atoms with Crippen LogP contribution in [0.4, 0.5) is 0 Å². The SMILES string of the molecule is CN1CCCC1C(=O)N1CCN(C(=O)c2ccc(C=Cc3n[nH]c4ccccc34)cc2)CC1. The molecule has 1 N–H and O–H groups in total. The van der Waals surface area contributed by atoms with Crippen molar-refractivity contribution in [3.8, 4) is 0 Å². The second kappa shape index (κ2) is 9.19. The number of piperazine rings is 1. The third-order valence-corrected chi connectivity index (χ3v) is 6.78. The minimum absolute atomic E-state index is 0.00677. The Balaban J connectivity index is 1.18. The van der Waals surface area contributed by atoms with Gasteiger partial charge in [0.2, 0.25) is 5.91 Å². The number of likely N-dealkylation sites (N-methyl/N-ethyl adjacent to an activating group) is 1. The number of carbonyl (C=O) groups excluding carboxylic acids is 2. The number of aromatic amines is 1. The zero-order valence-electron chi connectivity index (χ0n) is 18.9. The lowest BCUT2D eigenvalue weighted by Gasteiger charge is -2.37. The van der Waals surface area contributed by atoms with Gasteiger partial charge in [0, 0.05) is 37.1 Å². The molecule has 7 nitrogen and oxygen atoms in total. The van der Waals surface area contributed by atoms with Crippen molar-refractivity contribution in [3.05, 3.63) is 65.4 Å². The Morgan fingerprint density at radius 3 is 2.39 bits per heavy atom. The summed E-state index contributed by atoms with van der Waals surface area (Å²) < 4.78 is 0. The molecule has 33 heavy (non-hydrogen) atoms. The summed E-state index contributed by atoms with van der Waals surface area (Å²) in [7, 11) is 2.02. The van der Waals surface area contributed by atoms with Gasteiger partial charge < -0.3 is 9.80 Å². The topological polar surface area (TPSA) is 72.5 Å². The van der Waals surface area contributed by atoms with E-state index in [1.807, 2.05) is 77.5 Å². The molecule has 2 aliphatic rings. The largest absolute Gasteiger partial charge is 0.338 e. The first-order chi connectivity index (χ1) is 16.1. The van der Waals surface area contributed by atoms with E-state index < -0.39 is 0 Å². The molecule has 3 aromatic rings. The first kappa shape index (κ1) is 21.4. The summed E-state index contributed by atoms with van der Waals surface area (Å²) in [4.78, 5) is 31.7. The number of H-pyrrole nitrogens is 1. The Bertz CT molecular complexity index is 1170. The Morgan fingerprint density at radius 2 is 1.67 bits per heavy atom. The highest BCUT2D eigenvalue weighted by molar-refractivity contribution is 5.95. The minimum Gasteiger partial charge on any atom is -0.338 e. The number of aromatic nitrogens is 2. The van der Waals surface area contributed by atoms with Crippen molar-refractivity contribution < 1.29 is 9.59 Å². The molecule has 0 spiro atoms. The number of amides is 2. The molecule has 0 aliphatic carbocycles. The number of hydrogen-bond acceptors (Lipinski definition) is 4. The fraction of sp³-hybridized carbons (Fsp3) is 0.346. The maximum absolute atomic E-state index is 13.0. The van der Waals surface area contributed by atoms with Gasteiger partial charge in [0.15, 0.2) is 0 Å².